The normalized spacial score (nSPS) is 10.0. The quantitative estimate of drug-likeness (QED) is 0.786. The summed E-state index contributed by atoms with van der Waals surface area (Å²) in [5.74, 6) is -0.861. The van der Waals surface area contributed by atoms with Crippen molar-refractivity contribution in [2.75, 3.05) is 7.11 Å². The highest BCUT2D eigenvalue weighted by Gasteiger charge is 2.23. The first kappa shape index (κ1) is 12.6. The molecule has 0 atom stereocenters. The van der Waals surface area contributed by atoms with Crippen molar-refractivity contribution in [1.82, 2.24) is 0 Å². The Morgan fingerprint density at radius 1 is 1.56 bits per heavy atom. The molecule has 0 spiro atoms. The molecule has 3 nitrogen and oxygen atoms in total. The maximum atomic E-state index is 12.8. The van der Waals surface area contributed by atoms with E-state index in [0.717, 1.165) is 13.2 Å². The van der Waals surface area contributed by atoms with E-state index in [2.05, 4.69) is 20.7 Å². The Labute approximate surface area is 98.8 Å². The highest BCUT2D eigenvalue weighted by atomic mass is 79.9. The topological polar surface area (TPSA) is 50.1 Å². The lowest BCUT2D eigenvalue weighted by Gasteiger charge is -2.10. The minimum absolute atomic E-state index is 0.0444. The van der Waals surface area contributed by atoms with Gasteiger partial charge in [-0.1, -0.05) is 0 Å². The number of nitrogens with zero attached hydrogens (tertiary/aromatic N) is 1. The summed E-state index contributed by atoms with van der Waals surface area (Å²) in [5, 5.41) is 8.67. The van der Waals surface area contributed by atoms with E-state index < -0.39 is 18.0 Å². The van der Waals surface area contributed by atoms with Crippen molar-refractivity contribution in [3.05, 3.63) is 33.3 Å². The van der Waals surface area contributed by atoms with E-state index in [1.165, 1.54) is 6.07 Å². The van der Waals surface area contributed by atoms with E-state index in [1.54, 1.807) is 6.07 Å². The summed E-state index contributed by atoms with van der Waals surface area (Å²) < 4.78 is 29.8. The molecule has 0 unspecified atom stereocenters. The molecule has 1 aromatic rings. The largest absolute Gasteiger partial charge is 0.465 e. The number of hydrogen-bond acceptors (Lipinski definition) is 3. The average molecular weight is 290 g/mol. The molecule has 0 saturated heterocycles. The molecule has 0 aromatic heterocycles. The molecule has 0 amide bonds. The monoisotopic (exact) mass is 289 g/mol. The molecule has 0 aliphatic heterocycles. The van der Waals surface area contributed by atoms with E-state index in [1.807, 2.05) is 0 Å². The molecule has 0 fully saturated rings. The van der Waals surface area contributed by atoms with Gasteiger partial charge >= 0.3 is 5.97 Å². The Hall–Kier alpha value is -1.48. The van der Waals surface area contributed by atoms with Crippen LogP contribution in [0.3, 0.4) is 0 Å². The summed E-state index contributed by atoms with van der Waals surface area (Å²) in [4.78, 5) is 11.2. The summed E-state index contributed by atoms with van der Waals surface area (Å²) in [7, 11) is 1.10. The van der Waals surface area contributed by atoms with Crippen molar-refractivity contribution in [1.29, 1.82) is 5.26 Å². The molecule has 0 aliphatic rings. The molecule has 6 heteroatoms. The van der Waals surface area contributed by atoms with Gasteiger partial charge in [0.15, 0.2) is 0 Å². The molecule has 1 aromatic carbocycles. The minimum Gasteiger partial charge on any atom is -0.465 e. The van der Waals surface area contributed by atoms with Crippen LogP contribution in [-0.4, -0.2) is 13.1 Å². The first-order valence-electron chi connectivity index (χ1n) is 4.11. The molecular weight excluding hydrogens is 284 g/mol. The number of benzene rings is 1. The SMILES string of the molecule is COC(=O)c1ccc(C#N)c(Br)c1C(F)F. The van der Waals surface area contributed by atoms with Crippen LogP contribution >= 0.6 is 15.9 Å². The zero-order chi connectivity index (χ0) is 12.3. The molecule has 0 bridgehead atoms. The van der Waals surface area contributed by atoms with E-state index in [0.29, 0.717) is 0 Å². The van der Waals surface area contributed by atoms with Gasteiger partial charge in [-0.25, -0.2) is 13.6 Å². The van der Waals surface area contributed by atoms with Crippen LogP contribution in [0.25, 0.3) is 0 Å². The molecule has 0 aliphatic carbocycles. The number of carbonyl (C=O) groups excluding carboxylic acids is 1. The Morgan fingerprint density at radius 2 is 2.19 bits per heavy atom. The van der Waals surface area contributed by atoms with Crippen LogP contribution in [0.5, 0.6) is 0 Å². The molecule has 0 radical (unpaired) electrons. The number of nitriles is 1. The smallest absolute Gasteiger partial charge is 0.338 e. The average Bonchev–Trinajstić information content (AvgIpc) is 2.26. The van der Waals surface area contributed by atoms with Crippen LogP contribution < -0.4 is 0 Å². The lowest BCUT2D eigenvalue weighted by molar-refractivity contribution is 0.0589. The van der Waals surface area contributed by atoms with Gasteiger partial charge in [-0.2, -0.15) is 5.26 Å². The number of methoxy groups -OCH3 is 1. The van der Waals surface area contributed by atoms with Gasteiger partial charge in [0.1, 0.15) is 6.07 Å². The van der Waals surface area contributed by atoms with Crippen molar-refractivity contribution in [3.8, 4) is 6.07 Å². The van der Waals surface area contributed by atoms with E-state index in [9.17, 15) is 13.6 Å². The van der Waals surface area contributed by atoms with Crippen LogP contribution in [0.4, 0.5) is 8.78 Å². The third kappa shape index (κ3) is 2.19. The summed E-state index contributed by atoms with van der Waals surface area (Å²) in [6.07, 6.45) is -2.86. The van der Waals surface area contributed by atoms with Crippen LogP contribution in [-0.2, 0) is 4.74 Å². The Balaban J connectivity index is 3.48. The number of esters is 1. The first-order chi connectivity index (χ1) is 7.52. The van der Waals surface area contributed by atoms with Gasteiger partial charge in [0.05, 0.1) is 18.2 Å². The van der Waals surface area contributed by atoms with Gasteiger partial charge in [-0.3, -0.25) is 0 Å². The van der Waals surface area contributed by atoms with Gasteiger partial charge in [-0.15, -0.1) is 0 Å². The number of carbonyl (C=O) groups is 1. The predicted molar refractivity (Wildman–Crippen MR) is 55.2 cm³/mol. The lowest BCUT2D eigenvalue weighted by Crippen LogP contribution is -2.07. The fraction of sp³-hybridized carbons (Fsp3) is 0.200. The molecular formula is C10H6BrF2NO2. The number of alkyl halides is 2. The van der Waals surface area contributed by atoms with E-state index in [4.69, 9.17) is 5.26 Å². The molecule has 1 rings (SSSR count). The fourth-order valence-electron chi connectivity index (χ4n) is 1.18. The van der Waals surface area contributed by atoms with Crippen molar-refractivity contribution < 1.29 is 18.3 Å². The fourth-order valence-corrected chi connectivity index (χ4v) is 1.79. The predicted octanol–water partition coefficient (Wildman–Crippen LogP) is 3.04. The third-order valence-electron chi connectivity index (χ3n) is 1.92. The molecule has 0 saturated carbocycles. The zero-order valence-corrected chi connectivity index (χ0v) is 9.72. The van der Waals surface area contributed by atoms with Gasteiger partial charge in [-0.05, 0) is 28.1 Å². The number of hydrogen-bond donors (Lipinski definition) is 0. The van der Waals surface area contributed by atoms with Crippen LogP contribution in [0.15, 0.2) is 16.6 Å². The number of rotatable bonds is 2. The van der Waals surface area contributed by atoms with Crippen molar-refractivity contribution in [2.24, 2.45) is 0 Å². The third-order valence-corrected chi connectivity index (χ3v) is 2.78. The highest BCUT2D eigenvalue weighted by molar-refractivity contribution is 9.10. The van der Waals surface area contributed by atoms with Crippen molar-refractivity contribution >= 4 is 21.9 Å². The van der Waals surface area contributed by atoms with Crippen molar-refractivity contribution in [2.45, 2.75) is 6.43 Å². The van der Waals surface area contributed by atoms with Crippen LogP contribution in [0, 0.1) is 11.3 Å². The van der Waals surface area contributed by atoms with Gasteiger partial charge in [0.2, 0.25) is 0 Å². The summed E-state index contributed by atoms with van der Waals surface area (Å²) in [6, 6.07) is 4.17. The standard InChI is InChI=1S/C10H6BrF2NO2/c1-16-10(15)6-3-2-5(4-14)8(11)7(6)9(12)13/h2-3,9H,1H3. The van der Waals surface area contributed by atoms with Gasteiger partial charge in [0.25, 0.3) is 6.43 Å². The molecule has 0 N–H and O–H groups in total. The van der Waals surface area contributed by atoms with E-state index >= 15 is 0 Å². The van der Waals surface area contributed by atoms with Gasteiger partial charge in [0, 0.05) is 10.0 Å². The number of ether oxygens (including phenoxy) is 1. The maximum Gasteiger partial charge on any atom is 0.338 e. The first-order valence-corrected chi connectivity index (χ1v) is 4.91. The molecule has 0 heterocycles. The van der Waals surface area contributed by atoms with E-state index in [-0.39, 0.29) is 15.6 Å². The maximum absolute atomic E-state index is 12.8. The zero-order valence-electron chi connectivity index (χ0n) is 8.13. The van der Waals surface area contributed by atoms with Crippen LogP contribution in [0.2, 0.25) is 0 Å². The Kier molecular flexibility index (Phi) is 3.96. The summed E-state index contributed by atoms with van der Waals surface area (Å²) in [6.45, 7) is 0. The summed E-state index contributed by atoms with van der Waals surface area (Å²) >= 11 is 2.88. The van der Waals surface area contributed by atoms with Gasteiger partial charge < -0.3 is 4.74 Å². The van der Waals surface area contributed by atoms with Crippen LogP contribution in [0.1, 0.15) is 27.9 Å². The second-order valence-electron chi connectivity index (χ2n) is 2.79. The molecule has 16 heavy (non-hydrogen) atoms. The number of halogens is 3. The van der Waals surface area contributed by atoms with Crippen molar-refractivity contribution in [3.63, 3.8) is 0 Å². The lowest BCUT2D eigenvalue weighted by atomic mass is 10.0. The minimum atomic E-state index is -2.86. The summed E-state index contributed by atoms with van der Waals surface area (Å²) in [5.41, 5.74) is -0.725. The molecule has 84 valence electrons. The second-order valence-corrected chi connectivity index (χ2v) is 3.59. The Morgan fingerprint density at radius 3 is 2.62 bits per heavy atom. The Bertz CT molecular complexity index is 469. The second kappa shape index (κ2) is 5.03. The highest BCUT2D eigenvalue weighted by Crippen LogP contribution is 2.33.